The molecular formula is C25H26N4O4S3. The van der Waals surface area contributed by atoms with E-state index in [1.54, 1.807) is 19.2 Å². The van der Waals surface area contributed by atoms with Crippen LogP contribution in [0.3, 0.4) is 0 Å². The molecule has 1 atom stereocenters. The molecule has 0 saturated carbocycles. The molecule has 0 fully saturated rings. The SMILES string of the molecule is CCC(Sc1ncnc2scc(-c3ccc(OC)cc3)c12)C(=O)Nc1ccc(S(=O)(=O)N(C)C)cc1. The summed E-state index contributed by atoms with van der Waals surface area (Å²) < 4.78 is 31.0. The van der Waals surface area contributed by atoms with Crippen molar-refractivity contribution in [3.05, 3.63) is 60.2 Å². The number of amides is 1. The molecule has 0 aliphatic heterocycles. The van der Waals surface area contributed by atoms with Crippen LogP contribution in [0.5, 0.6) is 5.75 Å². The van der Waals surface area contributed by atoms with Gasteiger partial charge in [-0.05, 0) is 48.4 Å². The van der Waals surface area contributed by atoms with Gasteiger partial charge in [0.05, 0.1) is 22.6 Å². The van der Waals surface area contributed by atoms with Crippen LogP contribution in [0.1, 0.15) is 13.3 Å². The van der Waals surface area contributed by atoms with E-state index in [0.717, 1.165) is 36.4 Å². The van der Waals surface area contributed by atoms with E-state index < -0.39 is 15.3 Å². The summed E-state index contributed by atoms with van der Waals surface area (Å²) in [5, 5.41) is 6.20. The number of thioether (sulfide) groups is 1. The Morgan fingerprint density at radius 3 is 2.42 bits per heavy atom. The second kappa shape index (κ2) is 11.0. The molecule has 2 heterocycles. The Balaban J connectivity index is 1.56. The lowest BCUT2D eigenvalue weighted by molar-refractivity contribution is -0.115. The number of fused-ring (bicyclic) bond motifs is 1. The Morgan fingerprint density at radius 1 is 1.11 bits per heavy atom. The zero-order valence-corrected chi connectivity index (χ0v) is 22.7. The molecule has 0 bridgehead atoms. The number of hydrogen-bond acceptors (Lipinski definition) is 8. The molecule has 8 nitrogen and oxygen atoms in total. The average molecular weight is 543 g/mol. The van der Waals surface area contributed by atoms with Crippen molar-refractivity contribution in [2.75, 3.05) is 26.5 Å². The maximum atomic E-state index is 13.1. The molecule has 1 unspecified atom stereocenters. The number of carbonyl (C=O) groups is 1. The molecule has 0 spiro atoms. The number of nitrogens with one attached hydrogen (secondary N) is 1. The number of sulfonamides is 1. The summed E-state index contributed by atoms with van der Waals surface area (Å²) in [7, 11) is 1.05. The first-order chi connectivity index (χ1) is 17.2. The third-order valence-electron chi connectivity index (χ3n) is 5.55. The minimum absolute atomic E-state index is 0.166. The van der Waals surface area contributed by atoms with E-state index in [4.69, 9.17) is 4.74 Å². The van der Waals surface area contributed by atoms with E-state index in [2.05, 4.69) is 20.7 Å². The fourth-order valence-corrected chi connectivity index (χ4v) is 6.44. The summed E-state index contributed by atoms with van der Waals surface area (Å²) in [5.74, 6) is 0.595. The topological polar surface area (TPSA) is 101 Å². The first-order valence-electron chi connectivity index (χ1n) is 11.1. The number of nitrogens with zero attached hydrogens (tertiary/aromatic N) is 3. The standard InChI is InChI=1S/C25H26N4O4S3/c1-5-21(23(30)28-17-8-12-19(13-9-17)36(31,32)29(2)3)35-25-22-20(14-34-24(22)26-15-27-25)16-6-10-18(33-4)11-7-16/h6-15,21H,5H2,1-4H3,(H,28,30). The van der Waals surface area contributed by atoms with Crippen LogP contribution in [0.25, 0.3) is 21.3 Å². The molecule has 0 aliphatic rings. The Labute approximate surface area is 218 Å². The first kappa shape index (κ1) is 26.1. The number of aromatic nitrogens is 2. The number of carbonyl (C=O) groups excluding carboxylic acids is 1. The number of thiophene rings is 1. The molecule has 0 aliphatic carbocycles. The van der Waals surface area contributed by atoms with Crippen molar-refractivity contribution >= 4 is 54.9 Å². The van der Waals surface area contributed by atoms with E-state index in [-0.39, 0.29) is 10.8 Å². The Hall–Kier alpha value is -2.99. The van der Waals surface area contributed by atoms with Gasteiger partial charge in [0, 0.05) is 30.7 Å². The number of ether oxygens (including phenoxy) is 1. The number of anilines is 1. The lowest BCUT2D eigenvalue weighted by atomic mass is 10.1. The van der Waals surface area contributed by atoms with Gasteiger partial charge in [-0.2, -0.15) is 0 Å². The van der Waals surface area contributed by atoms with Crippen LogP contribution in [0.2, 0.25) is 0 Å². The average Bonchev–Trinajstić information content (AvgIpc) is 3.32. The highest BCUT2D eigenvalue weighted by molar-refractivity contribution is 8.00. The summed E-state index contributed by atoms with van der Waals surface area (Å²) in [6.07, 6.45) is 2.10. The van der Waals surface area contributed by atoms with Crippen molar-refractivity contribution in [3.63, 3.8) is 0 Å². The first-order valence-corrected chi connectivity index (χ1v) is 14.3. The molecular weight excluding hydrogens is 517 g/mol. The molecule has 4 rings (SSSR count). The van der Waals surface area contributed by atoms with E-state index in [0.29, 0.717) is 12.1 Å². The number of hydrogen-bond donors (Lipinski definition) is 1. The molecule has 2 aromatic carbocycles. The Kier molecular flexibility index (Phi) is 7.94. The van der Waals surface area contributed by atoms with Crippen molar-refractivity contribution in [3.8, 4) is 16.9 Å². The highest BCUT2D eigenvalue weighted by Crippen LogP contribution is 2.40. The molecule has 0 radical (unpaired) electrons. The molecule has 2 aromatic heterocycles. The summed E-state index contributed by atoms with van der Waals surface area (Å²) in [6.45, 7) is 1.94. The monoisotopic (exact) mass is 542 g/mol. The maximum absolute atomic E-state index is 13.1. The number of methoxy groups -OCH3 is 1. The highest BCUT2D eigenvalue weighted by atomic mass is 32.2. The van der Waals surface area contributed by atoms with Gasteiger partial charge in [0.25, 0.3) is 0 Å². The fourth-order valence-electron chi connectivity index (χ4n) is 3.52. The smallest absolute Gasteiger partial charge is 0.242 e. The third-order valence-corrected chi connectivity index (χ3v) is 9.63. The highest BCUT2D eigenvalue weighted by Gasteiger charge is 2.23. The fraction of sp³-hybridized carbons (Fsp3) is 0.240. The molecule has 1 amide bonds. The van der Waals surface area contributed by atoms with Crippen LogP contribution < -0.4 is 10.1 Å². The van der Waals surface area contributed by atoms with Gasteiger partial charge < -0.3 is 10.1 Å². The molecule has 11 heteroatoms. The summed E-state index contributed by atoms with van der Waals surface area (Å²) in [4.78, 5) is 23.1. The summed E-state index contributed by atoms with van der Waals surface area (Å²) in [5.41, 5.74) is 2.55. The second-order valence-electron chi connectivity index (χ2n) is 8.05. The normalized spacial score (nSPS) is 12.6. The van der Waals surface area contributed by atoms with E-state index in [1.165, 1.54) is 55.7 Å². The van der Waals surface area contributed by atoms with Gasteiger partial charge in [-0.1, -0.05) is 30.8 Å². The lowest BCUT2D eigenvalue weighted by Gasteiger charge is -2.16. The van der Waals surface area contributed by atoms with Crippen LogP contribution in [0.4, 0.5) is 5.69 Å². The van der Waals surface area contributed by atoms with Crippen molar-refractivity contribution in [2.45, 2.75) is 28.5 Å². The molecule has 188 valence electrons. The van der Waals surface area contributed by atoms with Crippen LogP contribution in [0, 0.1) is 0 Å². The predicted molar refractivity (Wildman–Crippen MR) is 145 cm³/mol. The van der Waals surface area contributed by atoms with E-state index >= 15 is 0 Å². The van der Waals surface area contributed by atoms with Crippen molar-refractivity contribution < 1.29 is 17.9 Å². The van der Waals surface area contributed by atoms with Gasteiger partial charge in [0.15, 0.2) is 0 Å². The van der Waals surface area contributed by atoms with Crippen molar-refractivity contribution in [1.82, 2.24) is 14.3 Å². The quantitative estimate of drug-likeness (QED) is 0.231. The Morgan fingerprint density at radius 2 is 1.81 bits per heavy atom. The summed E-state index contributed by atoms with van der Waals surface area (Å²) >= 11 is 2.93. The van der Waals surface area contributed by atoms with Gasteiger partial charge in [0.2, 0.25) is 15.9 Å². The van der Waals surface area contributed by atoms with Gasteiger partial charge in [-0.3, -0.25) is 4.79 Å². The number of benzene rings is 2. The molecule has 4 aromatic rings. The largest absolute Gasteiger partial charge is 0.497 e. The second-order valence-corrected chi connectivity index (χ2v) is 12.3. The van der Waals surface area contributed by atoms with Crippen LogP contribution in [0.15, 0.2) is 70.2 Å². The van der Waals surface area contributed by atoms with E-state index in [1.807, 2.05) is 31.2 Å². The maximum Gasteiger partial charge on any atom is 0.242 e. The van der Waals surface area contributed by atoms with Gasteiger partial charge in [-0.15, -0.1) is 11.3 Å². The van der Waals surface area contributed by atoms with Crippen LogP contribution in [-0.2, 0) is 14.8 Å². The zero-order valence-electron chi connectivity index (χ0n) is 20.3. The third kappa shape index (κ3) is 5.39. The predicted octanol–water partition coefficient (Wildman–Crippen LogP) is 5.13. The van der Waals surface area contributed by atoms with Gasteiger partial charge in [-0.25, -0.2) is 22.7 Å². The minimum atomic E-state index is -3.53. The van der Waals surface area contributed by atoms with Crippen molar-refractivity contribution in [1.29, 1.82) is 0 Å². The molecule has 1 N–H and O–H groups in total. The Bertz CT molecular complexity index is 1470. The number of rotatable bonds is 9. The van der Waals surface area contributed by atoms with Crippen molar-refractivity contribution in [2.24, 2.45) is 0 Å². The van der Waals surface area contributed by atoms with Crippen LogP contribution >= 0.6 is 23.1 Å². The molecule has 0 saturated heterocycles. The summed E-state index contributed by atoms with van der Waals surface area (Å²) in [6, 6.07) is 14.0. The van der Waals surface area contributed by atoms with Gasteiger partial charge in [0.1, 0.15) is 21.9 Å². The minimum Gasteiger partial charge on any atom is -0.497 e. The van der Waals surface area contributed by atoms with Gasteiger partial charge >= 0.3 is 0 Å². The van der Waals surface area contributed by atoms with Crippen LogP contribution in [-0.4, -0.2) is 55.1 Å². The zero-order chi connectivity index (χ0) is 25.9. The van der Waals surface area contributed by atoms with E-state index in [9.17, 15) is 13.2 Å². The lowest BCUT2D eigenvalue weighted by Crippen LogP contribution is -2.25. The molecule has 36 heavy (non-hydrogen) atoms.